The van der Waals surface area contributed by atoms with Crippen LogP contribution in [0.3, 0.4) is 0 Å². The Morgan fingerprint density at radius 1 is 1.50 bits per heavy atom. The van der Waals surface area contributed by atoms with Gasteiger partial charge in [-0.1, -0.05) is 0 Å². The molecule has 0 aliphatic rings. The molecule has 0 fully saturated rings. The van der Waals surface area contributed by atoms with Crippen LogP contribution in [0.25, 0.3) is 0 Å². The molecule has 0 aliphatic heterocycles. The molecule has 0 rings (SSSR count). The van der Waals surface area contributed by atoms with Crippen molar-refractivity contribution < 1.29 is 23.2 Å². The van der Waals surface area contributed by atoms with Crippen LogP contribution in [0.15, 0.2) is 0 Å². The highest BCUT2D eigenvalue weighted by Crippen LogP contribution is 2.47. The van der Waals surface area contributed by atoms with Gasteiger partial charge in [0.15, 0.2) is 0 Å². The fraction of sp³-hybridized carbons (Fsp3) is 1.00. The Kier molecular flexibility index (Phi) is 5.65. The lowest BCUT2D eigenvalue weighted by Gasteiger charge is -2.15. The molecular weight excluding hydrogens is 185 g/mol. The number of phosphoric ester groups is 1. The zero-order valence-electron chi connectivity index (χ0n) is 7.10. The van der Waals surface area contributed by atoms with Gasteiger partial charge in [0.1, 0.15) is 0 Å². The quantitative estimate of drug-likeness (QED) is 0.572. The van der Waals surface area contributed by atoms with Crippen molar-refractivity contribution in [3.63, 3.8) is 0 Å². The smallest absolute Gasteiger partial charge is 0.395 e. The Morgan fingerprint density at radius 2 is 2.00 bits per heavy atom. The van der Waals surface area contributed by atoms with Crippen molar-refractivity contribution in [2.45, 2.75) is 6.04 Å². The van der Waals surface area contributed by atoms with E-state index < -0.39 is 13.9 Å². The molecule has 0 aromatic heterocycles. The molecule has 0 spiro atoms. The van der Waals surface area contributed by atoms with Crippen molar-refractivity contribution in [3.05, 3.63) is 0 Å². The van der Waals surface area contributed by atoms with Crippen LogP contribution in [-0.2, 0) is 18.1 Å². The summed E-state index contributed by atoms with van der Waals surface area (Å²) in [5.74, 6) is 0. The van der Waals surface area contributed by atoms with Crippen molar-refractivity contribution in [2.75, 3.05) is 27.4 Å². The topological polar surface area (TPSA) is 91.0 Å². The molecule has 7 heteroatoms. The van der Waals surface area contributed by atoms with Crippen molar-refractivity contribution in [1.29, 1.82) is 0 Å². The van der Waals surface area contributed by atoms with Gasteiger partial charge in [-0.25, -0.2) is 4.57 Å². The summed E-state index contributed by atoms with van der Waals surface area (Å²) in [5.41, 5.74) is 5.28. The third-order valence-electron chi connectivity index (χ3n) is 1.13. The average Bonchev–Trinajstić information content (AvgIpc) is 2.13. The lowest BCUT2D eigenvalue weighted by molar-refractivity contribution is 0.131. The molecule has 0 aliphatic carbocycles. The highest BCUT2D eigenvalue weighted by atomic mass is 31.2. The summed E-state index contributed by atoms with van der Waals surface area (Å²) >= 11 is 0. The van der Waals surface area contributed by atoms with Crippen LogP contribution in [0.2, 0.25) is 0 Å². The van der Waals surface area contributed by atoms with E-state index in [1.54, 1.807) is 0 Å². The standard InChI is InChI=1S/C5H14NO5P/c1-9-12(8,10-2)11-4-5(6)3-7/h5,7H,3-4,6H2,1-2H3/t5-/m1/s1. The second kappa shape index (κ2) is 5.64. The first-order chi connectivity index (χ1) is 5.58. The molecule has 74 valence electrons. The van der Waals surface area contributed by atoms with Crippen LogP contribution >= 0.6 is 7.82 Å². The van der Waals surface area contributed by atoms with E-state index in [-0.39, 0.29) is 13.2 Å². The van der Waals surface area contributed by atoms with Crippen LogP contribution in [0.4, 0.5) is 0 Å². The van der Waals surface area contributed by atoms with Gasteiger partial charge in [0.2, 0.25) is 0 Å². The molecule has 0 heterocycles. The predicted molar refractivity (Wildman–Crippen MR) is 42.6 cm³/mol. The monoisotopic (exact) mass is 199 g/mol. The van der Waals surface area contributed by atoms with Gasteiger partial charge in [0, 0.05) is 14.2 Å². The zero-order valence-corrected chi connectivity index (χ0v) is 7.99. The van der Waals surface area contributed by atoms with Gasteiger partial charge in [0.25, 0.3) is 0 Å². The summed E-state index contributed by atoms with van der Waals surface area (Å²) < 4.78 is 24.8. The zero-order chi connectivity index (χ0) is 9.61. The molecule has 0 amide bonds. The number of aliphatic hydroxyl groups excluding tert-OH is 1. The van der Waals surface area contributed by atoms with Crippen molar-refractivity contribution in [2.24, 2.45) is 5.73 Å². The molecule has 0 aromatic carbocycles. The van der Waals surface area contributed by atoms with E-state index in [2.05, 4.69) is 9.05 Å². The molecule has 0 saturated carbocycles. The lowest BCUT2D eigenvalue weighted by atomic mass is 10.4. The highest BCUT2D eigenvalue weighted by Gasteiger charge is 2.23. The summed E-state index contributed by atoms with van der Waals surface area (Å²) in [6.45, 7) is -0.317. The van der Waals surface area contributed by atoms with Gasteiger partial charge < -0.3 is 10.8 Å². The number of phosphoric acid groups is 1. The highest BCUT2D eigenvalue weighted by molar-refractivity contribution is 7.48. The van der Waals surface area contributed by atoms with Gasteiger partial charge in [0.05, 0.1) is 19.3 Å². The van der Waals surface area contributed by atoms with E-state index in [0.29, 0.717) is 0 Å². The van der Waals surface area contributed by atoms with E-state index in [4.69, 9.17) is 15.4 Å². The number of rotatable bonds is 6. The van der Waals surface area contributed by atoms with Crippen LogP contribution in [-0.4, -0.2) is 38.6 Å². The molecule has 12 heavy (non-hydrogen) atoms. The second-order valence-corrected chi connectivity index (χ2v) is 3.93. The van der Waals surface area contributed by atoms with E-state index in [9.17, 15) is 4.57 Å². The van der Waals surface area contributed by atoms with Gasteiger partial charge in [-0.2, -0.15) is 0 Å². The average molecular weight is 199 g/mol. The molecule has 0 radical (unpaired) electrons. The number of aliphatic hydroxyl groups is 1. The minimum Gasteiger partial charge on any atom is -0.395 e. The van der Waals surface area contributed by atoms with Crippen molar-refractivity contribution in [3.8, 4) is 0 Å². The first-order valence-corrected chi connectivity index (χ1v) is 4.76. The number of nitrogens with two attached hydrogens (primary N) is 1. The maximum Gasteiger partial charge on any atom is 0.474 e. The summed E-state index contributed by atoms with van der Waals surface area (Å²) in [6, 6.07) is -0.580. The van der Waals surface area contributed by atoms with E-state index in [1.165, 1.54) is 14.2 Å². The third kappa shape index (κ3) is 4.15. The normalized spacial score (nSPS) is 14.7. The molecule has 0 aromatic rings. The Balaban J connectivity index is 3.81. The first kappa shape index (κ1) is 12.0. The van der Waals surface area contributed by atoms with Crippen LogP contribution in [0.5, 0.6) is 0 Å². The molecule has 3 N–H and O–H groups in total. The molecule has 0 saturated heterocycles. The molecule has 6 nitrogen and oxygen atoms in total. The lowest BCUT2D eigenvalue weighted by Crippen LogP contribution is -2.29. The third-order valence-corrected chi connectivity index (χ3v) is 2.49. The van der Waals surface area contributed by atoms with Crippen LogP contribution in [0, 0.1) is 0 Å². The Morgan fingerprint density at radius 3 is 2.33 bits per heavy atom. The summed E-state index contributed by atoms with van der Waals surface area (Å²) in [5, 5.41) is 8.50. The maximum absolute atomic E-state index is 11.2. The fourth-order valence-electron chi connectivity index (χ4n) is 0.420. The Hall–Kier alpha value is 0.0300. The summed E-state index contributed by atoms with van der Waals surface area (Å²) in [7, 11) is -1.03. The van der Waals surface area contributed by atoms with Gasteiger partial charge in [-0.3, -0.25) is 13.6 Å². The minimum atomic E-state index is -3.44. The van der Waals surface area contributed by atoms with Gasteiger partial charge in [-0.15, -0.1) is 0 Å². The summed E-state index contributed by atoms with van der Waals surface area (Å²) in [4.78, 5) is 0. The maximum atomic E-state index is 11.2. The van der Waals surface area contributed by atoms with Gasteiger partial charge in [-0.05, 0) is 0 Å². The minimum absolute atomic E-state index is 0.0740. The number of hydrogen-bond acceptors (Lipinski definition) is 6. The Labute approximate surface area is 71.2 Å². The largest absolute Gasteiger partial charge is 0.474 e. The van der Waals surface area contributed by atoms with Crippen molar-refractivity contribution >= 4 is 7.82 Å². The van der Waals surface area contributed by atoms with Gasteiger partial charge >= 0.3 is 7.82 Å². The van der Waals surface area contributed by atoms with Crippen molar-refractivity contribution in [1.82, 2.24) is 0 Å². The summed E-state index contributed by atoms with van der Waals surface area (Å²) in [6.07, 6.45) is 0. The van der Waals surface area contributed by atoms with Crippen LogP contribution < -0.4 is 5.73 Å². The SMILES string of the molecule is COP(=O)(OC)OC[C@H](N)CO. The van der Waals surface area contributed by atoms with E-state index in [1.807, 2.05) is 0 Å². The first-order valence-electron chi connectivity index (χ1n) is 3.30. The number of hydrogen-bond donors (Lipinski definition) is 2. The second-order valence-electron chi connectivity index (χ2n) is 2.05. The Bertz CT molecular complexity index is 156. The fourth-order valence-corrected chi connectivity index (χ4v) is 1.15. The van der Waals surface area contributed by atoms with E-state index >= 15 is 0 Å². The van der Waals surface area contributed by atoms with E-state index in [0.717, 1.165) is 0 Å². The molecule has 0 bridgehead atoms. The molecule has 1 atom stereocenters. The molecular formula is C5H14NO5P. The predicted octanol–water partition coefficient (Wildman–Crippen LogP) is -0.277. The van der Waals surface area contributed by atoms with Crippen LogP contribution in [0.1, 0.15) is 0 Å². The molecule has 0 unspecified atom stereocenters.